The van der Waals surface area contributed by atoms with Crippen LogP contribution in [0.2, 0.25) is 0 Å². The summed E-state index contributed by atoms with van der Waals surface area (Å²) in [7, 11) is 0. The van der Waals surface area contributed by atoms with Crippen molar-refractivity contribution >= 4 is 5.91 Å². The molecular weight excluding hydrogens is 281 g/mol. The van der Waals surface area contributed by atoms with E-state index in [0.29, 0.717) is 23.3 Å². The monoisotopic (exact) mass is 290 g/mol. The van der Waals surface area contributed by atoms with Crippen LogP contribution in [0.3, 0.4) is 0 Å². The van der Waals surface area contributed by atoms with Crippen LogP contribution in [0, 0.1) is 28.8 Å². The van der Waals surface area contributed by atoms with Crippen molar-refractivity contribution in [3.05, 3.63) is 70.5 Å². The van der Waals surface area contributed by atoms with E-state index < -0.39 is 28.9 Å². The van der Waals surface area contributed by atoms with Gasteiger partial charge in [-0.05, 0) is 17.7 Å². The van der Waals surface area contributed by atoms with Gasteiger partial charge in [0.15, 0.2) is 0 Å². The Kier molecular flexibility index (Phi) is 4.24. The SMILES string of the molecule is N#Cc1cccc(CNC(=O)c2c(F)cc(F)cc2F)c1. The Hall–Kier alpha value is -2.81. The summed E-state index contributed by atoms with van der Waals surface area (Å²) in [5.41, 5.74) is 0.166. The minimum absolute atomic E-state index is 0.00932. The van der Waals surface area contributed by atoms with Gasteiger partial charge in [0.2, 0.25) is 0 Å². The third-order valence-electron chi connectivity index (χ3n) is 2.74. The Morgan fingerprint density at radius 2 is 1.81 bits per heavy atom. The molecule has 0 saturated carbocycles. The molecule has 2 aromatic carbocycles. The number of halogens is 3. The molecule has 0 spiro atoms. The molecule has 0 unspecified atom stereocenters. The van der Waals surface area contributed by atoms with E-state index >= 15 is 0 Å². The Morgan fingerprint density at radius 3 is 2.43 bits per heavy atom. The van der Waals surface area contributed by atoms with Crippen LogP contribution >= 0.6 is 0 Å². The summed E-state index contributed by atoms with van der Waals surface area (Å²) in [6.07, 6.45) is 0. The van der Waals surface area contributed by atoms with Crippen LogP contribution in [-0.2, 0) is 6.54 Å². The zero-order valence-corrected chi connectivity index (χ0v) is 10.7. The van der Waals surface area contributed by atoms with Crippen molar-refractivity contribution in [3.8, 4) is 6.07 Å². The van der Waals surface area contributed by atoms with Gasteiger partial charge in [0.1, 0.15) is 23.0 Å². The number of hydrogen-bond acceptors (Lipinski definition) is 2. The molecule has 0 aliphatic heterocycles. The van der Waals surface area contributed by atoms with Gasteiger partial charge in [-0.25, -0.2) is 13.2 Å². The number of carbonyl (C=O) groups excluding carboxylic acids is 1. The molecule has 1 N–H and O–H groups in total. The van der Waals surface area contributed by atoms with Gasteiger partial charge in [-0.1, -0.05) is 12.1 Å². The lowest BCUT2D eigenvalue weighted by Gasteiger charge is -2.07. The largest absolute Gasteiger partial charge is 0.348 e. The molecule has 3 nitrogen and oxygen atoms in total. The van der Waals surface area contributed by atoms with E-state index in [-0.39, 0.29) is 6.54 Å². The average molecular weight is 290 g/mol. The van der Waals surface area contributed by atoms with Crippen molar-refractivity contribution < 1.29 is 18.0 Å². The number of amides is 1. The van der Waals surface area contributed by atoms with Crippen LogP contribution in [0.15, 0.2) is 36.4 Å². The molecule has 6 heteroatoms. The van der Waals surface area contributed by atoms with Crippen LogP contribution in [0.4, 0.5) is 13.2 Å². The van der Waals surface area contributed by atoms with Crippen LogP contribution in [0.1, 0.15) is 21.5 Å². The van der Waals surface area contributed by atoms with Crippen LogP contribution in [-0.4, -0.2) is 5.91 Å². The van der Waals surface area contributed by atoms with Gasteiger partial charge in [0.05, 0.1) is 11.6 Å². The van der Waals surface area contributed by atoms with Gasteiger partial charge in [-0.15, -0.1) is 0 Å². The third-order valence-corrected chi connectivity index (χ3v) is 2.74. The number of carbonyl (C=O) groups is 1. The highest BCUT2D eigenvalue weighted by Crippen LogP contribution is 2.15. The van der Waals surface area contributed by atoms with E-state index in [2.05, 4.69) is 5.32 Å². The summed E-state index contributed by atoms with van der Waals surface area (Å²) >= 11 is 0. The minimum atomic E-state index is -1.27. The highest BCUT2D eigenvalue weighted by molar-refractivity contribution is 5.94. The molecule has 0 atom stereocenters. The molecule has 0 aliphatic rings. The molecule has 0 saturated heterocycles. The Bertz CT molecular complexity index is 715. The zero-order valence-electron chi connectivity index (χ0n) is 10.7. The van der Waals surface area contributed by atoms with E-state index in [1.54, 1.807) is 18.2 Å². The first-order valence-corrected chi connectivity index (χ1v) is 5.93. The maximum atomic E-state index is 13.4. The third kappa shape index (κ3) is 3.39. The van der Waals surface area contributed by atoms with Crippen molar-refractivity contribution in [2.45, 2.75) is 6.54 Å². The summed E-state index contributed by atoms with van der Waals surface area (Å²) in [4.78, 5) is 11.7. The maximum absolute atomic E-state index is 13.4. The van der Waals surface area contributed by atoms with Gasteiger partial charge < -0.3 is 5.32 Å². The van der Waals surface area contributed by atoms with Crippen molar-refractivity contribution in [3.63, 3.8) is 0 Å². The van der Waals surface area contributed by atoms with E-state index in [1.165, 1.54) is 6.07 Å². The van der Waals surface area contributed by atoms with E-state index in [9.17, 15) is 18.0 Å². The second-order valence-corrected chi connectivity index (χ2v) is 4.24. The number of nitrogens with zero attached hydrogens (tertiary/aromatic N) is 1. The lowest BCUT2D eigenvalue weighted by molar-refractivity contribution is 0.0942. The molecule has 0 aliphatic carbocycles. The smallest absolute Gasteiger partial charge is 0.257 e. The van der Waals surface area contributed by atoms with Crippen molar-refractivity contribution in [2.75, 3.05) is 0 Å². The molecule has 0 fully saturated rings. The van der Waals surface area contributed by atoms with Gasteiger partial charge in [-0.2, -0.15) is 5.26 Å². The second kappa shape index (κ2) is 6.09. The fraction of sp³-hybridized carbons (Fsp3) is 0.0667. The summed E-state index contributed by atoms with van der Waals surface area (Å²) in [5.74, 6) is -4.62. The lowest BCUT2D eigenvalue weighted by Crippen LogP contribution is -2.25. The molecule has 0 radical (unpaired) electrons. The van der Waals surface area contributed by atoms with Crippen LogP contribution in [0.5, 0.6) is 0 Å². The molecule has 1 amide bonds. The van der Waals surface area contributed by atoms with E-state index in [0.717, 1.165) is 0 Å². The highest BCUT2D eigenvalue weighted by atomic mass is 19.1. The molecule has 0 bridgehead atoms. The molecule has 0 heterocycles. The Labute approximate surface area is 118 Å². The number of rotatable bonds is 3. The summed E-state index contributed by atoms with van der Waals surface area (Å²) in [6.45, 7) is -0.00932. The van der Waals surface area contributed by atoms with Gasteiger partial charge in [-0.3, -0.25) is 4.79 Å². The fourth-order valence-electron chi connectivity index (χ4n) is 1.78. The first-order valence-electron chi connectivity index (χ1n) is 5.93. The summed E-state index contributed by atoms with van der Waals surface area (Å²) in [5, 5.41) is 11.1. The molecule has 106 valence electrons. The number of nitriles is 1. The minimum Gasteiger partial charge on any atom is -0.348 e. The van der Waals surface area contributed by atoms with Gasteiger partial charge in [0.25, 0.3) is 5.91 Å². The maximum Gasteiger partial charge on any atom is 0.257 e. The van der Waals surface area contributed by atoms with Gasteiger partial charge >= 0.3 is 0 Å². The topological polar surface area (TPSA) is 52.9 Å². The van der Waals surface area contributed by atoms with Crippen LogP contribution < -0.4 is 5.32 Å². The van der Waals surface area contributed by atoms with Crippen molar-refractivity contribution in [1.29, 1.82) is 5.26 Å². The van der Waals surface area contributed by atoms with Gasteiger partial charge in [0, 0.05) is 18.7 Å². The number of hydrogen-bond donors (Lipinski definition) is 1. The zero-order chi connectivity index (χ0) is 15.4. The Balaban J connectivity index is 2.14. The van der Waals surface area contributed by atoms with Crippen molar-refractivity contribution in [2.24, 2.45) is 0 Å². The predicted octanol–water partition coefficient (Wildman–Crippen LogP) is 2.91. The fourth-order valence-corrected chi connectivity index (χ4v) is 1.78. The molecular formula is C15H9F3N2O. The first-order chi connectivity index (χ1) is 10.0. The van der Waals surface area contributed by atoms with Crippen LogP contribution in [0.25, 0.3) is 0 Å². The summed E-state index contributed by atoms with van der Waals surface area (Å²) in [6, 6.07) is 9.22. The predicted molar refractivity (Wildman–Crippen MR) is 68.6 cm³/mol. The van der Waals surface area contributed by atoms with E-state index in [4.69, 9.17) is 5.26 Å². The number of nitrogens with one attached hydrogen (secondary N) is 1. The molecule has 2 aromatic rings. The summed E-state index contributed by atoms with van der Waals surface area (Å²) < 4.78 is 39.6. The standard InChI is InChI=1S/C15H9F3N2O/c16-11-5-12(17)14(13(18)6-11)15(21)20-8-10-3-1-2-9(4-10)7-19/h1-6H,8H2,(H,20,21). The molecule has 0 aromatic heterocycles. The normalized spacial score (nSPS) is 10.0. The molecule has 21 heavy (non-hydrogen) atoms. The molecule has 2 rings (SSSR count). The average Bonchev–Trinajstić information content (AvgIpc) is 2.44. The highest BCUT2D eigenvalue weighted by Gasteiger charge is 2.18. The lowest BCUT2D eigenvalue weighted by atomic mass is 10.1. The quantitative estimate of drug-likeness (QED) is 0.945. The second-order valence-electron chi connectivity index (χ2n) is 4.24. The van der Waals surface area contributed by atoms with Crippen molar-refractivity contribution in [1.82, 2.24) is 5.32 Å². The van der Waals surface area contributed by atoms with E-state index in [1.807, 2.05) is 6.07 Å². The Morgan fingerprint density at radius 1 is 1.14 bits per heavy atom. The first kappa shape index (κ1) is 14.6. The number of benzene rings is 2.